The molecule has 0 spiro atoms. The SMILES string of the molecule is O=C(CCc1ccccc1)Nc1ccc(C(=O)NCCNC(=O)c2ccco2)cc1. The maximum atomic E-state index is 12.2. The Hall–Kier alpha value is -3.87. The predicted octanol–water partition coefficient (Wildman–Crippen LogP) is 3.01. The van der Waals surface area contributed by atoms with E-state index in [1.165, 1.54) is 6.26 Å². The molecule has 0 unspecified atom stereocenters. The van der Waals surface area contributed by atoms with E-state index < -0.39 is 0 Å². The van der Waals surface area contributed by atoms with Crippen LogP contribution >= 0.6 is 0 Å². The second-order valence-corrected chi connectivity index (χ2v) is 6.60. The molecule has 0 bridgehead atoms. The summed E-state index contributed by atoms with van der Waals surface area (Å²) in [5.41, 5.74) is 2.21. The topological polar surface area (TPSA) is 100 Å². The quantitative estimate of drug-likeness (QED) is 0.477. The first-order valence-electron chi connectivity index (χ1n) is 9.65. The standard InChI is InChI=1S/C23H23N3O4/c27-21(13-8-17-5-2-1-3-6-17)26-19-11-9-18(10-12-19)22(28)24-14-15-25-23(29)20-7-4-16-30-20/h1-7,9-12,16H,8,13-15H2,(H,24,28)(H,25,29)(H,26,27). The van der Waals surface area contributed by atoms with Gasteiger partial charge in [0.2, 0.25) is 5.91 Å². The lowest BCUT2D eigenvalue weighted by molar-refractivity contribution is -0.116. The summed E-state index contributed by atoms with van der Waals surface area (Å²) in [6.07, 6.45) is 2.48. The minimum atomic E-state index is -0.332. The van der Waals surface area contributed by atoms with E-state index in [2.05, 4.69) is 16.0 Å². The molecule has 0 aliphatic heterocycles. The largest absolute Gasteiger partial charge is 0.459 e. The zero-order chi connectivity index (χ0) is 21.2. The van der Waals surface area contributed by atoms with Crippen molar-refractivity contribution in [3.8, 4) is 0 Å². The molecule has 30 heavy (non-hydrogen) atoms. The summed E-state index contributed by atoms with van der Waals surface area (Å²) in [6, 6.07) is 19.7. The molecule has 154 valence electrons. The van der Waals surface area contributed by atoms with Crippen molar-refractivity contribution in [2.45, 2.75) is 12.8 Å². The fourth-order valence-electron chi connectivity index (χ4n) is 2.78. The molecule has 0 radical (unpaired) electrons. The lowest BCUT2D eigenvalue weighted by Crippen LogP contribution is -2.34. The van der Waals surface area contributed by atoms with Gasteiger partial charge in [-0.1, -0.05) is 30.3 Å². The van der Waals surface area contributed by atoms with Gasteiger partial charge in [0.15, 0.2) is 5.76 Å². The van der Waals surface area contributed by atoms with Gasteiger partial charge in [-0.25, -0.2) is 0 Å². The number of rotatable bonds is 9. The Morgan fingerprint density at radius 2 is 1.47 bits per heavy atom. The summed E-state index contributed by atoms with van der Waals surface area (Å²) in [7, 11) is 0. The van der Waals surface area contributed by atoms with E-state index in [0.717, 1.165) is 5.56 Å². The van der Waals surface area contributed by atoms with Crippen molar-refractivity contribution in [3.63, 3.8) is 0 Å². The van der Waals surface area contributed by atoms with Crippen molar-refractivity contribution in [2.24, 2.45) is 0 Å². The Labute approximate surface area is 174 Å². The van der Waals surface area contributed by atoms with Crippen molar-refractivity contribution >= 4 is 23.4 Å². The van der Waals surface area contributed by atoms with Crippen LogP contribution in [0.4, 0.5) is 5.69 Å². The third-order valence-corrected chi connectivity index (χ3v) is 4.36. The van der Waals surface area contributed by atoms with Crippen LogP contribution in [0.2, 0.25) is 0 Å². The van der Waals surface area contributed by atoms with Crippen LogP contribution < -0.4 is 16.0 Å². The third kappa shape index (κ3) is 6.34. The molecule has 3 amide bonds. The number of nitrogens with one attached hydrogen (secondary N) is 3. The molecule has 0 aliphatic carbocycles. The zero-order valence-corrected chi connectivity index (χ0v) is 16.4. The highest BCUT2D eigenvalue weighted by Gasteiger charge is 2.09. The molecule has 7 heteroatoms. The van der Waals surface area contributed by atoms with Crippen LogP contribution in [-0.4, -0.2) is 30.8 Å². The van der Waals surface area contributed by atoms with E-state index in [9.17, 15) is 14.4 Å². The average Bonchev–Trinajstić information content (AvgIpc) is 3.31. The Balaban J connectivity index is 1.38. The molecule has 3 aromatic rings. The van der Waals surface area contributed by atoms with E-state index >= 15 is 0 Å². The lowest BCUT2D eigenvalue weighted by Gasteiger charge is -2.08. The molecule has 2 aromatic carbocycles. The number of aryl methyl sites for hydroxylation is 1. The van der Waals surface area contributed by atoms with Crippen molar-refractivity contribution < 1.29 is 18.8 Å². The van der Waals surface area contributed by atoms with Gasteiger partial charge in [0.25, 0.3) is 11.8 Å². The molecule has 0 atom stereocenters. The van der Waals surface area contributed by atoms with Crippen LogP contribution in [0.1, 0.15) is 32.9 Å². The van der Waals surface area contributed by atoms with Crippen LogP contribution in [-0.2, 0) is 11.2 Å². The van der Waals surface area contributed by atoms with Gasteiger partial charge < -0.3 is 20.4 Å². The maximum absolute atomic E-state index is 12.2. The fraction of sp³-hybridized carbons (Fsp3) is 0.174. The normalized spacial score (nSPS) is 10.3. The molecule has 3 N–H and O–H groups in total. The van der Waals surface area contributed by atoms with Crippen molar-refractivity contribution in [2.75, 3.05) is 18.4 Å². The number of hydrogen-bond donors (Lipinski definition) is 3. The van der Waals surface area contributed by atoms with Gasteiger partial charge in [-0.2, -0.15) is 0 Å². The van der Waals surface area contributed by atoms with Crippen molar-refractivity contribution in [1.29, 1.82) is 0 Å². The van der Waals surface area contributed by atoms with Crippen LogP contribution in [0.15, 0.2) is 77.4 Å². The van der Waals surface area contributed by atoms with Crippen LogP contribution in [0.3, 0.4) is 0 Å². The van der Waals surface area contributed by atoms with Crippen molar-refractivity contribution in [3.05, 3.63) is 89.9 Å². The Bertz CT molecular complexity index is 967. The van der Waals surface area contributed by atoms with E-state index in [1.54, 1.807) is 36.4 Å². The summed E-state index contributed by atoms with van der Waals surface area (Å²) >= 11 is 0. The minimum Gasteiger partial charge on any atom is -0.459 e. The molecular weight excluding hydrogens is 382 g/mol. The predicted molar refractivity (Wildman–Crippen MR) is 113 cm³/mol. The van der Waals surface area contributed by atoms with Gasteiger partial charge in [-0.15, -0.1) is 0 Å². The summed E-state index contributed by atoms with van der Waals surface area (Å²) in [4.78, 5) is 36.0. The van der Waals surface area contributed by atoms with Gasteiger partial charge in [-0.05, 0) is 48.4 Å². The molecule has 0 aliphatic rings. The zero-order valence-electron chi connectivity index (χ0n) is 16.4. The second-order valence-electron chi connectivity index (χ2n) is 6.60. The number of benzene rings is 2. The van der Waals surface area contributed by atoms with E-state index in [4.69, 9.17) is 4.42 Å². The first kappa shape index (κ1) is 20.9. The third-order valence-electron chi connectivity index (χ3n) is 4.36. The number of carbonyl (C=O) groups is 3. The summed E-state index contributed by atoms with van der Waals surface area (Å²) in [5, 5.41) is 8.21. The summed E-state index contributed by atoms with van der Waals surface area (Å²) < 4.78 is 4.99. The number of hydrogen-bond acceptors (Lipinski definition) is 4. The van der Waals surface area contributed by atoms with Crippen LogP contribution in [0.25, 0.3) is 0 Å². The molecule has 7 nitrogen and oxygen atoms in total. The summed E-state index contributed by atoms with van der Waals surface area (Å²) in [6.45, 7) is 0.560. The smallest absolute Gasteiger partial charge is 0.287 e. The van der Waals surface area contributed by atoms with Gasteiger partial charge in [0, 0.05) is 30.8 Å². The maximum Gasteiger partial charge on any atom is 0.287 e. The first-order valence-corrected chi connectivity index (χ1v) is 9.65. The Morgan fingerprint density at radius 3 is 2.13 bits per heavy atom. The monoisotopic (exact) mass is 405 g/mol. The highest BCUT2D eigenvalue weighted by Crippen LogP contribution is 2.11. The van der Waals surface area contributed by atoms with Gasteiger partial charge in [0.05, 0.1) is 6.26 Å². The molecule has 1 heterocycles. The highest BCUT2D eigenvalue weighted by atomic mass is 16.3. The minimum absolute atomic E-state index is 0.0802. The second kappa shape index (κ2) is 10.6. The van der Waals surface area contributed by atoms with Crippen LogP contribution in [0, 0.1) is 0 Å². The molecule has 0 fully saturated rings. The Morgan fingerprint density at radius 1 is 0.767 bits per heavy atom. The number of furan rings is 1. The van der Waals surface area contributed by atoms with Crippen LogP contribution in [0.5, 0.6) is 0 Å². The first-order chi connectivity index (χ1) is 14.6. The van der Waals surface area contributed by atoms with Gasteiger partial charge in [-0.3, -0.25) is 14.4 Å². The number of amides is 3. The van der Waals surface area contributed by atoms with E-state index in [0.29, 0.717) is 24.1 Å². The lowest BCUT2D eigenvalue weighted by atomic mass is 10.1. The van der Waals surface area contributed by atoms with E-state index in [-0.39, 0.29) is 36.6 Å². The highest BCUT2D eigenvalue weighted by molar-refractivity contribution is 5.96. The molecule has 1 aromatic heterocycles. The Kier molecular flexibility index (Phi) is 7.38. The molecule has 0 saturated heterocycles. The average molecular weight is 405 g/mol. The molecule has 3 rings (SSSR count). The number of anilines is 1. The summed E-state index contributed by atoms with van der Waals surface area (Å²) in [5.74, 6) is -0.447. The molecule has 0 saturated carbocycles. The number of carbonyl (C=O) groups excluding carboxylic acids is 3. The van der Waals surface area contributed by atoms with Crippen molar-refractivity contribution in [1.82, 2.24) is 10.6 Å². The fourth-order valence-corrected chi connectivity index (χ4v) is 2.78. The van der Waals surface area contributed by atoms with Gasteiger partial charge in [0.1, 0.15) is 0 Å². The molecular formula is C23H23N3O4. The van der Waals surface area contributed by atoms with Gasteiger partial charge >= 0.3 is 0 Å². The van der Waals surface area contributed by atoms with E-state index in [1.807, 2.05) is 30.3 Å².